The molecule has 3 aliphatic rings. The molecule has 0 bridgehead atoms. The Hall–Kier alpha value is -2.92. The minimum absolute atomic E-state index is 0.00902. The zero-order chi connectivity index (χ0) is 23.5. The second-order valence-corrected chi connectivity index (χ2v) is 9.85. The Morgan fingerprint density at radius 3 is 2.42 bits per heavy atom. The van der Waals surface area contributed by atoms with Gasteiger partial charge in [0.15, 0.2) is 16.4 Å². The van der Waals surface area contributed by atoms with Crippen LogP contribution in [0.4, 0.5) is 10.5 Å². The summed E-state index contributed by atoms with van der Waals surface area (Å²) in [5.41, 5.74) is 1.94. The number of carbonyl (C=O) groups excluding carboxylic acids is 3. The summed E-state index contributed by atoms with van der Waals surface area (Å²) in [6.07, 6.45) is 0. The number of nitrogens with zero attached hydrogens (tertiary/aromatic N) is 2. The predicted octanol–water partition coefficient (Wildman–Crippen LogP) is 3.16. The van der Waals surface area contributed by atoms with E-state index in [0.29, 0.717) is 39.8 Å². The van der Waals surface area contributed by atoms with E-state index in [2.05, 4.69) is 21.2 Å². The molecule has 172 valence electrons. The van der Waals surface area contributed by atoms with Crippen molar-refractivity contribution < 1.29 is 28.6 Å². The van der Waals surface area contributed by atoms with Crippen molar-refractivity contribution in [2.45, 2.75) is 17.5 Å². The van der Waals surface area contributed by atoms with Crippen LogP contribution >= 0.6 is 27.7 Å². The second-order valence-electron chi connectivity index (χ2n) is 7.73. The van der Waals surface area contributed by atoms with E-state index in [1.54, 1.807) is 18.2 Å². The lowest BCUT2D eigenvalue weighted by Gasteiger charge is -2.31. The SMILES string of the molecule is COc1cc(CN2C(=O)[C@@H]3CS[C@]4(C(=O)Nc5ccc(Br)cc54)N3C2=O)cc(OC)c1OC. The molecule has 0 aromatic heterocycles. The number of anilines is 1. The van der Waals surface area contributed by atoms with E-state index in [9.17, 15) is 14.4 Å². The molecule has 4 amide bonds. The van der Waals surface area contributed by atoms with Gasteiger partial charge in [0.25, 0.3) is 11.8 Å². The van der Waals surface area contributed by atoms with E-state index >= 15 is 0 Å². The van der Waals surface area contributed by atoms with Gasteiger partial charge in [0, 0.05) is 21.5 Å². The van der Waals surface area contributed by atoms with Gasteiger partial charge in [-0.1, -0.05) is 15.9 Å². The number of imide groups is 1. The molecule has 1 spiro atoms. The van der Waals surface area contributed by atoms with Crippen LogP contribution < -0.4 is 19.5 Å². The van der Waals surface area contributed by atoms with Gasteiger partial charge < -0.3 is 19.5 Å². The lowest BCUT2D eigenvalue weighted by Crippen LogP contribution is -2.49. The Bertz CT molecular complexity index is 1180. The Kier molecular flexibility index (Phi) is 5.20. The number of carbonyl (C=O) groups is 3. The van der Waals surface area contributed by atoms with E-state index < -0.39 is 16.9 Å². The predicted molar refractivity (Wildman–Crippen MR) is 125 cm³/mol. The van der Waals surface area contributed by atoms with Gasteiger partial charge >= 0.3 is 6.03 Å². The molecule has 9 nitrogen and oxygen atoms in total. The zero-order valence-electron chi connectivity index (χ0n) is 18.0. The monoisotopic (exact) mass is 533 g/mol. The number of fused-ring (bicyclic) bond motifs is 4. The minimum Gasteiger partial charge on any atom is -0.493 e. The number of nitrogens with one attached hydrogen (secondary N) is 1. The van der Waals surface area contributed by atoms with Crippen molar-refractivity contribution in [3.8, 4) is 17.2 Å². The van der Waals surface area contributed by atoms with Crippen LogP contribution in [0, 0.1) is 0 Å². The standard InChI is InChI=1S/C22H20BrN3O6S/c1-30-16-6-11(7-17(31-2)18(16)32-3)9-25-19(27)15-10-33-22(26(15)21(25)29)13-8-12(23)4-5-14(13)24-20(22)28/h4-8,15H,9-10H2,1-3H3,(H,24,28)/t15-,22+/m0/s1. The highest BCUT2D eigenvalue weighted by molar-refractivity contribution is 9.10. The smallest absolute Gasteiger partial charge is 0.329 e. The Morgan fingerprint density at radius 2 is 1.79 bits per heavy atom. The van der Waals surface area contributed by atoms with Crippen LogP contribution in [0.2, 0.25) is 0 Å². The number of ether oxygens (including phenoxy) is 3. The summed E-state index contributed by atoms with van der Waals surface area (Å²) in [6, 6.07) is 7.60. The topological polar surface area (TPSA) is 97.4 Å². The second kappa shape index (κ2) is 7.84. The average molecular weight is 534 g/mol. The molecular weight excluding hydrogens is 514 g/mol. The summed E-state index contributed by atoms with van der Waals surface area (Å²) in [5, 5.41) is 2.86. The summed E-state index contributed by atoms with van der Waals surface area (Å²) in [5.74, 6) is 0.937. The summed E-state index contributed by atoms with van der Waals surface area (Å²) < 4.78 is 16.9. The fraction of sp³-hybridized carbons (Fsp3) is 0.318. The summed E-state index contributed by atoms with van der Waals surface area (Å²) >= 11 is 4.75. The molecule has 2 atom stereocenters. The van der Waals surface area contributed by atoms with Gasteiger partial charge in [-0.15, -0.1) is 11.8 Å². The molecule has 2 aromatic rings. The maximum absolute atomic E-state index is 13.6. The highest BCUT2D eigenvalue weighted by atomic mass is 79.9. The van der Waals surface area contributed by atoms with Crippen molar-refractivity contribution in [2.24, 2.45) is 0 Å². The van der Waals surface area contributed by atoms with Crippen molar-refractivity contribution in [2.75, 3.05) is 32.4 Å². The number of benzene rings is 2. The van der Waals surface area contributed by atoms with E-state index in [1.165, 1.54) is 42.9 Å². The largest absolute Gasteiger partial charge is 0.493 e. The molecule has 0 aliphatic carbocycles. The minimum atomic E-state index is -1.28. The van der Waals surface area contributed by atoms with Gasteiger partial charge in [0.05, 0.1) is 27.9 Å². The number of rotatable bonds is 5. The first-order chi connectivity index (χ1) is 15.8. The number of urea groups is 1. The number of methoxy groups -OCH3 is 3. The Balaban J connectivity index is 1.52. The Morgan fingerprint density at radius 1 is 1.09 bits per heavy atom. The highest BCUT2D eigenvalue weighted by Gasteiger charge is 2.66. The van der Waals surface area contributed by atoms with E-state index in [4.69, 9.17) is 14.2 Å². The van der Waals surface area contributed by atoms with Crippen LogP contribution in [-0.4, -0.2) is 60.8 Å². The first-order valence-corrected chi connectivity index (χ1v) is 11.8. The quantitative estimate of drug-likeness (QED) is 0.589. The summed E-state index contributed by atoms with van der Waals surface area (Å²) in [7, 11) is 4.50. The molecule has 33 heavy (non-hydrogen) atoms. The molecule has 2 aromatic carbocycles. The van der Waals surface area contributed by atoms with Gasteiger partial charge in [-0.05, 0) is 35.9 Å². The molecule has 0 radical (unpaired) electrons. The van der Waals surface area contributed by atoms with Gasteiger partial charge in [-0.2, -0.15) is 0 Å². The van der Waals surface area contributed by atoms with Gasteiger partial charge in [0.2, 0.25) is 5.75 Å². The number of thioether (sulfide) groups is 1. The first kappa shape index (κ1) is 21.9. The third-order valence-electron chi connectivity index (χ3n) is 6.06. The summed E-state index contributed by atoms with van der Waals surface area (Å²) in [4.78, 5) is 41.3. The van der Waals surface area contributed by atoms with Crippen LogP contribution in [-0.2, 0) is 21.0 Å². The molecule has 0 saturated carbocycles. The number of halogens is 1. The lowest BCUT2D eigenvalue weighted by molar-refractivity contribution is -0.128. The molecule has 2 fully saturated rings. The molecule has 2 saturated heterocycles. The highest BCUT2D eigenvalue weighted by Crippen LogP contribution is 2.56. The van der Waals surface area contributed by atoms with Gasteiger partial charge in [0.1, 0.15) is 6.04 Å². The molecule has 11 heteroatoms. The maximum Gasteiger partial charge on any atom is 0.329 e. The van der Waals surface area contributed by atoms with Crippen LogP contribution in [0.15, 0.2) is 34.8 Å². The van der Waals surface area contributed by atoms with Crippen molar-refractivity contribution in [1.82, 2.24) is 9.80 Å². The third kappa shape index (κ3) is 3.02. The van der Waals surface area contributed by atoms with Crippen LogP contribution in [0.5, 0.6) is 17.2 Å². The van der Waals surface area contributed by atoms with Crippen molar-refractivity contribution in [1.29, 1.82) is 0 Å². The number of amides is 4. The fourth-order valence-electron chi connectivity index (χ4n) is 4.59. The number of hydrogen-bond donors (Lipinski definition) is 1. The van der Waals surface area contributed by atoms with Gasteiger partial charge in [-0.3, -0.25) is 19.4 Å². The fourth-order valence-corrected chi connectivity index (χ4v) is 6.49. The lowest BCUT2D eigenvalue weighted by atomic mass is 10.1. The molecule has 3 heterocycles. The first-order valence-electron chi connectivity index (χ1n) is 10.0. The van der Waals surface area contributed by atoms with Crippen molar-refractivity contribution in [3.63, 3.8) is 0 Å². The molecule has 1 N–H and O–H groups in total. The molecular formula is C22H20BrN3O6S. The van der Waals surface area contributed by atoms with Crippen molar-refractivity contribution in [3.05, 3.63) is 45.9 Å². The average Bonchev–Trinajstić information content (AvgIpc) is 3.42. The maximum atomic E-state index is 13.6. The third-order valence-corrected chi connectivity index (χ3v) is 8.05. The van der Waals surface area contributed by atoms with E-state index in [1.807, 2.05) is 12.1 Å². The van der Waals surface area contributed by atoms with Gasteiger partial charge in [-0.25, -0.2) is 4.79 Å². The zero-order valence-corrected chi connectivity index (χ0v) is 20.4. The molecule has 0 unspecified atom stereocenters. The van der Waals surface area contributed by atoms with Crippen LogP contribution in [0.25, 0.3) is 0 Å². The summed E-state index contributed by atoms with van der Waals surface area (Å²) in [6.45, 7) is 0.00902. The van der Waals surface area contributed by atoms with Crippen molar-refractivity contribution >= 4 is 51.2 Å². The van der Waals surface area contributed by atoms with Crippen LogP contribution in [0.1, 0.15) is 11.1 Å². The molecule has 5 rings (SSSR count). The normalized spacial score (nSPS) is 23.2. The van der Waals surface area contributed by atoms with Crippen LogP contribution in [0.3, 0.4) is 0 Å². The molecule has 3 aliphatic heterocycles. The van der Waals surface area contributed by atoms with E-state index in [0.717, 1.165) is 4.47 Å². The Labute approximate surface area is 202 Å². The number of hydrogen-bond acceptors (Lipinski definition) is 7. The van der Waals surface area contributed by atoms with E-state index in [-0.39, 0.29) is 18.4 Å².